The second kappa shape index (κ2) is 10.0. The molecule has 8 nitrogen and oxygen atoms in total. The van der Waals surface area contributed by atoms with Crippen LogP contribution in [-0.2, 0) is 15.1 Å². The van der Waals surface area contributed by atoms with E-state index in [0.29, 0.717) is 11.6 Å². The third-order valence-corrected chi connectivity index (χ3v) is 7.76. The molecule has 1 fully saturated rings. The Balaban J connectivity index is 1.61. The summed E-state index contributed by atoms with van der Waals surface area (Å²) in [6.45, 7) is 5.96. The van der Waals surface area contributed by atoms with E-state index in [0.717, 1.165) is 47.2 Å². The quantitative estimate of drug-likeness (QED) is 0.425. The van der Waals surface area contributed by atoms with Crippen molar-refractivity contribution in [1.29, 1.82) is 0 Å². The molecule has 1 aliphatic carbocycles. The molecule has 1 aliphatic heterocycles. The Morgan fingerprint density at radius 1 is 1.13 bits per heavy atom. The summed E-state index contributed by atoms with van der Waals surface area (Å²) in [6.07, 6.45) is 0.888. The van der Waals surface area contributed by atoms with Crippen LogP contribution in [0.5, 0.6) is 5.88 Å². The van der Waals surface area contributed by atoms with Crippen molar-refractivity contribution in [3.8, 4) is 28.3 Å². The van der Waals surface area contributed by atoms with Crippen molar-refractivity contribution in [1.82, 2.24) is 9.88 Å². The first-order chi connectivity index (χ1) is 18.6. The molecule has 2 aromatic carbocycles. The number of ether oxygens (including phenoxy) is 2. The fraction of sp³-hybridized carbons (Fsp3) is 0.387. The SMILES string of the molecule is COCC1Oc2nc(-c3ccc(C4(N(C(=O)O)C(C)(C)C)CCC4)cc3)c(-c3ccccc3)cc2N(C)C1=O. The van der Waals surface area contributed by atoms with Crippen LogP contribution in [0.1, 0.15) is 45.6 Å². The Labute approximate surface area is 229 Å². The summed E-state index contributed by atoms with van der Waals surface area (Å²) in [7, 11) is 3.25. The number of pyridine rings is 1. The monoisotopic (exact) mass is 529 g/mol. The standard InChI is InChI=1S/C31H35N3O5/c1-30(2,3)34(29(36)37)31(16-9-17-31)22-14-12-21(13-15-22)26-23(20-10-7-6-8-11-20)18-24-27(32-26)39-25(19-38-5)28(35)33(24)4/h6-8,10-15,18,25H,9,16-17,19H2,1-5H3,(H,36,37). The lowest BCUT2D eigenvalue weighted by molar-refractivity contribution is -0.128. The molecule has 2 amide bonds. The molecule has 1 atom stereocenters. The van der Waals surface area contributed by atoms with E-state index in [4.69, 9.17) is 14.5 Å². The minimum atomic E-state index is -0.907. The van der Waals surface area contributed by atoms with Gasteiger partial charge in [-0.25, -0.2) is 9.78 Å². The number of hydrogen-bond acceptors (Lipinski definition) is 5. The van der Waals surface area contributed by atoms with Gasteiger partial charge in [0.05, 0.1) is 17.8 Å². The Hall–Kier alpha value is -3.91. The van der Waals surface area contributed by atoms with E-state index < -0.39 is 23.3 Å². The zero-order valence-electron chi connectivity index (χ0n) is 23.1. The molecule has 0 bridgehead atoms. The number of methoxy groups -OCH3 is 1. The van der Waals surface area contributed by atoms with Crippen LogP contribution >= 0.6 is 0 Å². The number of aromatic nitrogens is 1. The van der Waals surface area contributed by atoms with Crippen LogP contribution in [0.25, 0.3) is 22.4 Å². The van der Waals surface area contributed by atoms with Gasteiger partial charge in [-0.1, -0.05) is 54.6 Å². The van der Waals surface area contributed by atoms with Gasteiger partial charge in [0.15, 0.2) is 0 Å². The average Bonchev–Trinajstić information content (AvgIpc) is 2.88. The van der Waals surface area contributed by atoms with Gasteiger partial charge in [-0.05, 0) is 57.2 Å². The van der Waals surface area contributed by atoms with E-state index in [2.05, 4.69) is 0 Å². The van der Waals surface area contributed by atoms with Crippen LogP contribution in [0.3, 0.4) is 0 Å². The number of rotatable bonds is 6. The predicted octanol–water partition coefficient (Wildman–Crippen LogP) is 5.94. The van der Waals surface area contributed by atoms with Crippen molar-refractivity contribution in [3.63, 3.8) is 0 Å². The highest BCUT2D eigenvalue weighted by Crippen LogP contribution is 2.50. The topological polar surface area (TPSA) is 92.2 Å². The summed E-state index contributed by atoms with van der Waals surface area (Å²) >= 11 is 0. The maximum Gasteiger partial charge on any atom is 0.408 e. The van der Waals surface area contributed by atoms with Crippen molar-refractivity contribution in [2.24, 2.45) is 0 Å². The fourth-order valence-corrected chi connectivity index (χ4v) is 5.85. The van der Waals surface area contributed by atoms with E-state index in [1.54, 1.807) is 16.8 Å². The zero-order chi connectivity index (χ0) is 27.9. The molecule has 204 valence electrons. The number of carboxylic acid groups (broad SMARTS) is 1. The van der Waals surface area contributed by atoms with Crippen LogP contribution in [0.2, 0.25) is 0 Å². The minimum absolute atomic E-state index is 0.130. The molecule has 39 heavy (non-hydrogen) atoms. The van der Waals surface area contributed by atoms with Gasteiger partial charge in [-0.3, -0.25) is 9.69 Å². The maximum absolute atomic E-state index is 12.9. The molecule has 1 saturated carbocycles. The number of benzene rings is 2. The second-order valence-electron chi connectivity index (χ2n) is 11.3. The van der Waals surface area contributed by atoms with Crippen LogP contribution in [0.4, 0.5) is 10.5 Å². The third kappa shape index (κ3) is 4.63. The lowest BCUT2D eigenvalue weighted by Crippen LogP contribution is -2.60. The van der Waals surface area contributed by atoms with Gasteiger partial charge < -0.3 is 19.5 Å². The van der Waals surface area contributed by atoms with E-state index in [1.807, 2.05) is 81.4 Å². The minimum Gasteiger partial charge on any atom is -0.465 e. The molecule has 5 rings (SSSR count). The summed E-state index contributed by atoms with van der Waals surface area (Å²) in [5.74, 6) is 0.188. The number of fused-ring (bicyclic) bond motifs is 1. The van der Waals surface area contributed by atoms with Crippen molar-refractivity contribution in [2.75, 3.05) is 25.7 Å². The van der Waals surface area contributed by atoms with Crippen molar-refractivity contribution in [2.45, 2.75) is 57.2 Å². The first kappa shape index (κ1) is 26.7. The molecular formula is C31H35N3O5. The number of anilines is 1. The highest BCUT2D eigenvalue weighted by atomic mass is 16.5. The molecule has 1 unspecified atom stereocenters. The normalized spacial score (nSPS) is 18.1. The second-order valence-corrected chi connectivity index (χ2v) is 11.3. The van der Waals surface area contributed by atoms with Crippen molar-refractivity contribution >= 4 is 17.7 Å². The lowest BCUT2D eigenvalue weighted by Gasteiger charge is -2.54. The first-order valence-electron chi connectivity index (χ1n) is 13.2. The molecule has 3 aromatic rings. The van der Waals surface area contributed by atoms with Crippen LogP contribution in [0, 0.1) is 0 Å². The van der Waals surface area contributed by atoms with Crippen molar-refractivity contribution in [3.05, 3.63) is 66.2 Å². The van der Waals surface area contributed by atoms with Crippen LogP contribution in [0.15, 0.2) is 60.7 Å². The summed E-state index contributed by atoms with van der Waals surface area (Å²) in [5, 5.41) is 10.1. The van der Waals surface area contributed by atoms with Gasteiger partial charge in [0.2, 0.25) is 12.0 Å². The maximum atomic E-state index is 12.9. The molecule has 2 aliphatic rings. The summed E-state index contributed by atoms with van der Waals surface area (Å²) in [4.78, 5) is 33.4. The highest BCUT2D eigenvalue weighted by molar-refractivity contribution is 6.01. The van der Waals surface area contributed by atoms with Gasteiger partial charge in [0.25, 0.3) is 5.91 Å². The molecule has 2 heterocycles. The number of carbonyl (C=O) groups excluding carboxylic acids is 1. The smallest absolute Gasteiger partial charge is 0.408 e. The largest absolute Gasteiger partial charge is 0.465 e. The van der Waals surface area contributed by atoms with Gasteiger partial charge >= 0.3 is 6.09 Å². The molecule has 0 spiro atoms. The van der Waals surface area contributed by atoms with Crippen LogP contribution < -0.4 is 9.64 Å². The molecular weight excluding hydrogens is 494 g/mol. The molecule has 0 saturated heterocycles. The van der Waals surface area contributed by atoms with E-state index in [9.17, 15) is 14.7 Å². The number of carbonyl (C=O) groups is 2. The Bertz CT molecular complexity index is 1380. The molecule has 0 radical (unpaired) electrons. The zero-order valence-corrected chi connectivity index (χ0v) is 23.1. The summed E-state index contributed by atoms with van der Waals surface area (Å²) < 4.78 is 11.2. The average molecular weight is 530 g/mol. The summed E-state index contributed by atoms with van der Waals surface area (Å²) in [5.41, 5.74) is 3.93. The Morgan fingerprint density at radius 2 is 1.79 bits per heavy atom. The van der Waals surface area contributed by atoms with E-state index in [-0.39, 0.29) is 12.5 Å². The van der Waals surface area contributed by atoms with Crippen molar-refractivity contribution < 1.29 is 24.2 Å². The predicted molar refractivity (Wildman–Crippen MR) is 150 cm³/mol. The first-order valence-corrected chi connectivity index (χ1v) is 13.2. The van der Waals surface area contributed by atoms with Gasteiger partial charge in [0.1, 0.15) is 5.69 Å². The van der Waals surface area contributed by atoms with Gasteiger partial charge in [-0.2, -0.15) is 0 Å². The number of likely N-dealkylation sites (N-methyl/N-ethyl adjacent to an activating group) is 1. The number of amides is 2. The van der Waals surface area contributed by atoms with Gasteiger partial charge in [-0.15, -0.1) is 0 Å². The highest BCUT2D eigenvalue weighted by Gasteiger charge is 2.50. The van der Waals surface area contributed by atoms with E-state index >= 15 is 0 Å². The molecule has 1 aromatic heterocycles. The number of hydrogen-bond donors (Lipinski definition) is 1. The fourth-order valence-electron chi connectivity index (χ4n) is 5.85. The molecule has 1 N–H and O–H groups in total. The number of nitrogens with zero attached hydrogens (tertiary/aromatic N) is 3. The Kier molecular flexibility index (Phi) is 6.84. The lowest BCUT2D eigenvalue weighted by atomic mass is 9.69. The summed E-state index contributed by atoms with van der Waals surface area (Å²) in [6, 6.07) is 19.9. The van der Waals surface area contributed by atoms with Gasteiger partial charge in [0, 0.05) is 30.8 Å². The molecule has 8 heteroatoms. The van der Waals surface area contributed by atoms with E-state index in [1.165, 1.54) is 7.11 Å². The van der Waals surface area contributed by atoms with Crippen LogP contribution in [-0.4, -0.2) is 59.4 Å². The third-order valence-electron chi connectivity index (χ3n) is 7.76. The Morgan fingerprint density at radius 3 is 2.33 bits per heavy atom.